The average molecular weight is 388 g/mol. The fourth-order valence-corrected chi connectivity index (χ4v) is 4.10. The number of carbonyl (C=O) groups excluding carboxylic acids is 1. The Morgan fingerprint density at radius 2 is 2.23 bits per heavy atom. The summed E-state index contributed by atoms with van der Waals surface area (Å²) in [6.07, 6.45) is 1.79. The predicted molar refractivity (Wildman–Crippen MR) is 102 cm³/mol. The van der Waals surface area contributed by atoms with Crippen LogP contribution >= 0.6 is 22.9 Å². The molecule has 1 fully saturated rings. The van der Waals surface area contributed by atoms with Gasteiger partial charge in [-0.3, -0.25) is 4.79 Å². The molecule has 1 aliphatic rings. The van der Waals surface area contributed by atoms with Crippen molar-refractivity contribution in [1.82, 2.24) is 15.2 Å². The highest BCUT2D eigenvalue weighted by Gasteiger charge is 2.29. The van der Waals surface area contributed by atoms with Gasteiger partial charge in [0.15, 0.2) is 0 Å². The minimum Gasteiger partial charge on any atom is -0.444 e. The minimum absolute atomic E-state index is 0.0300. The molecule has 0 bridgehead atoms. The molecule has 1 aromatic carbocycles. The lowest BCUT2D eigenvalue weighted by Crippen LogP contribution is -2.49. The maximum Gasteiger partial charge on any atom is 0.236 e. The van der Waals surface area contributed by atoms with Crippen LogP contribution in [0.15, 0.2) is 52.5 Å². The molecule has 1 N–H and O–H groups in total. The van der Waals surface area contributed by atoms with Crippen LogP contribution in [-0.4, -0.2) is 35.4 Å². The van der Waals surface area contributed by atoms with Crippen molar-refractivity contribution in [3.63, 3.8) is 0 Å². The summed E-state index contributed by atoms with van der Waals surface area (Å²) in [5.41, 5.74) is 1.61. The van der Waals surface area contributed by atoms with Crippen molar-refractivity contribution in [3.8, 4) is 10.8 Å². The van der Waals surface area contributed by atoms with E-state index in [1.165, 1.54) is 0 Å². The summed E-state index contributed by atoms with van der Waals surface area (Å²) in [6.45, 7) is 2.10. The second kappa shape index (κ2) is 7.61. The predicted octanol–water partition coefficient (Wildman–Crippen LogP) is 3.77. The van der Waals surface area contributed by atoms with Gasteiger partial charge in [-0.25, -0.2) is 4.98 Å². The second-order valence-corrected chi connectivity index (χ2v) is 7.48. The molecule has 1 unspecified atom stereocenters. The summed E-state index contributed by atoms with van der Waals surface area (Å²) >= 11 is 7.92. The van der Waals surface area contributed by atoms with E-state index < -0.39 is 0 Å². The molecule has 4 rings (SSSR count). The maximum absolute atomic E-state index is 12.9. The molecule has 0 aliphatic carbocycles. The third-order valence-electron chi connectivity index (χ3n) is 4.44. The number of amides is 1. The first kappa shape index (κ1) is 17.3. The summed E-state index contributed by atoms with van der Waals surface area (Å²) in [7, 11) is 0. The number of nitrogens with zero attached hydrogens (tertiary/aromatic N) is 2. The molecule has 1 saturated heterocycles. The number of nitrogens with one attached hydrogen (secondary N) is 1. The van der Waals surface area contributed by atoms with E-state index in [0.29, 0.717) is 29.7 Å². The molecule has 1 amide bonds. The largest absolute Gasteiger partial charge is 0.444 e. The second-order valence-electron chi connectivity index (χ2n) is 6.13. The lowest BCUT2D eigenvalue weighted by Gasteiger charge is -2.37. The molecular formula is C19H18ClN3O2S. The van der Waals surface area contributed by atoms with Crippen LogP contribution in [0.4, 0.5) is 0 Å². The number of halogens is 1. The lowest BCUT2D eigenvalue weighted by molar-refractivity contribution is -0.133. The number of hydrogen-bond acceptors (Lipinski definition) is 5. The van der Waals surface area contributed by atoms with Gasteiger partial charge in [0, 0.05) is 24.7 Å². The number of piperazine rings is 1. The highest BCUT2D eigenvalue weighted by molar-refractivity contribution is 7.13. The van der Waals surface area contributed by atoms with Gasteiger partial charge >= 0.3 is 0 Å². The van der Waals surface area contributed by atoms with Crippen LogP contribution in [0.2, 0.25) is 5.02 Å². The smallest absolute Gasteiger partial charge is 0.236 e. The van der Waals surface area contributed by atoms with Crippen molar-refractivity contribution in [2.24, 2.45) is 0 Å². The van der Waals surface area contributed by atoms with Crippen LogP contribution in [0.25, 0.3) is 10.8 Å². The third-order valence-corrected chi connectivity index (χ3v) is 5.65. The number of thiophene rings is 1. The summed E-state index contributed by atoms with van der Waals surface area (Å²) in [4.78, 5) is 20.2. The fraction of sp³-hybridized carbons (Fsp3) is 0.263. The SMILES string of the molecule is O=C(Cc1coc(-c2cccs2)n1)N1CCNCC1c1ccccc1Cl. The van der Waals surface area contributed by atoms with Crippen LogP contribution < -0.4 is 5.32 Å². The van der Waals surface area contributed by atoms with Crippen LogP contribution in [0.3, 0.4) is 0 Å². The molecule has 0 radical (unpaired) electrons. The van der Waals surface area contributed by atoms with Crippen LogP contribution in [-0.2, 0) is 11.2 Å². The highest BCUT2D eigenvalue weighted by atomic mass is 35.5. The zero-order chi connectivity index (χ0) is 17.9. The van der Waals surface area contributed by atoms with E-state index >= 15 is 0 Å². The third kappa shape index (κ3) is 3.53. The molecule has 134 valence electrons. The Kier molecular flexibility index (Phi) is 5.06. The quantitative estimate of drug-likeness (QED) is 0.740. The van der Waals surface area contributed by atoms with E-state index in [0.717, 1.165) is 17.0 Å². The van der Waals surface area contributed by atoms with Gasteiger partial charge in [0.1, 0.15) is 6.26 Å². The first-order valence-electron chi connectivity index (χ1n) is 8.45. The Labute approximate surface area is 160 Å². The van der Waals surface area contributed by atoms with Crippen LogP contribution in [0.5, 0.6) is 0 Å². The zero-order valence-corrected chi connectivity index (χ0v) is 15.6. The molecule has 1 atom stereocenters. The summed E-state index contributed by atoms with van der Waals surface area (Å²) in [5.74, 6) is 0.591. The highest BCUT2D eigenvalue weighted by Crippen LogP contribution is 2.29. The molecular weight excluding hydrogens is 370 g/mol. The molecule has 0 spiro atoms. The molecule has 3 aromatic rings. The number of oxazole rings is 1. The van der Waals surface area contributed by atoms with E-state index in [1.54, 1.807) is 17.6 Å². The molecule has 0 saturated carbocycles. The molecule has 3 heterocycles. The number of hydrogen-bond donors (Lipinski definition) is 1. The van der Waals surface area contributed by atoms with E-state index in [2.05, 4.69) is 10.3 Å². The van der Waals surface area contributed by atoms with Crippen molar-refractivity contribution < 1.29 is 9.21 Å². The number of carbonyl (C=O) groups is 1. The Morgan fingerprint density at radius 1 is 1.35 bits per heavy atom. The van der Waals surface area contributed by atoms with Gasteiger partial charge < -0.3 is 14.6 Å². The van der Waals surface area contributed by atoms with E-state index in [4.69, 9.17) is 16.0 Å². The monoisotopic (exact) mass is 387 g/mol. The lowest BCUT2D eigenvalue weighted by atomic mass is 10.0. The van der Waals surface area contributed by atoms with Gasteiger partial charge in [-0.1, -0.05) is 35.9 Å². The molecule has 2 aromatic heterocycles. The molecule has 26 heavy (non-hydrogen) atoms. The van der Waals surface area contributed by atoms with Gasteiger partial charge in [-0.15, -0.1) is 11.3 Å². The average Bonchev–Trinajstić information content (AvgIpc) is 3.34. The van der Waals surface area contributed by atoms with Crippen molar-refractivity contribution >= 4 is 28.8 Å². The van der Waals surface area contributed by atoms with E-state index in [1.807, 2.05) is 46.7 Å². The maximum atomic E-state index is 12.9. The zero-order valence-electron chi connectivity index (χ0n) is 14.0. The standard InChI is InChI=1S/C19H18ClN3O2S/c20-15-5-2-1-4-14(15)16-11-21-7-8-23(16)18(24)10-13-12-25-19(22-13)17-6-3-9-26-17/h1-6,9,12,16,21H,7-8,10-11H2. The first-order chi connectivity index (χ1) is 12.7. The summed E-state index contributed by atoms with van der Waals surface area (Å²) < 4.78 is 5.52. The molecule has 1 aliphatic heterocycles. The van der Waals surface area contributed by atoms with Gasteiger partial charge in [0.25, 0.3) is 0 Å². The first-order valence-corrected chi connectivity index (χ1v) is 9.71. The number of aromatic nitrogens is 1. The van der Waals surface area contributed by atoms with Gasteiger partial charge in [-0.2, -0.15) is 0 Å². The number of rotatable bonds is 4. The van der Waals surface area contributed by atoms with Gasteiger partial charge in [0.05, 0.1) is 23.0 Å². The van der Waals surface area contributed by atoms with Crippen LogP contribution in [0.1, 0.15) is 17.3 Å². The van der Waals surface area contributed by atoms with E-state index in [9.17, 15) is 4.79 Å². The fourth-order valence-electron chi connectivity index (χ4n) is 3.18. The number of benzene rings is 1. The summed E-state index contributed by atoms with van der Waals surface area (Å²) in [5, 5.41) is 6.00. The van der Waals surface area contributed by atoms with Gasteiger partial charge in [-0.05, 0) is 23.1 Å². The Balaban J connectivity index is 1.52. The normalized spacial score (nSPS) is 17.4. The van der Waals surface area contributed by atoms with Crippen molar-refractivity contribution in [2.45, 2.75) is 12.5 Å². The summed E-state index contributed by atoms with van der Waals surface area (Å²) in [6, 6.07) is 11.5. The minimum atomic E-state index is -0.0754. The Bertz CT molecular complexity index is 894. The van der Waals surface area contributed by atoms with Crippen molar-refractivity contribution in [2.75, 3.05) is 19.6 Å². The Hall–Kier alpha value is -2.15. The topological polar surface area (TPSA) is 58.4 Å². The molecule has 5 nitrogen and oxygen atoms in total. The van der Waals surface area contributed by atoms with Crippen molar-refractivity contribution in [3.05, 3.63) is 64.3 Å². The van der Waals surface area contributed by atoms with Gasteiger partial charge in [0.2, 0.25) is 11.8 Å². The van der Waals surface area contributed by atoms with E-state index in [-0.39, 0.29) is 18.4 Å². The molecule has 7 heteroatoms. The van der Waals surface area contributed by atoms with Crippen molar-refractivity contribution in [1.29, 1.82) is 0 Å². The van der Waals surface area contributed by atoms with Crippen LogP contribution in [0, 0.1) is 0 Å². The Morgan fingerprint density at radius 3 is 3.04 bits per heavy atom.